The average molecular weight is 182 g/mol. The molecule has 2 atom stereocenters. The maximum atomic E-state index is 11.5. The summed E-state index contributed by atoms with van der Waals surface area (Å²) in [5.41, 5.74) is 0.478. The number of carbonyl (C=O) groups excluding carboxylic acids is 1. The fourth-order valence-electron chi connectivity index (χ4n) is 1.99. The molecule has 74 valence electrons. The highest BCUT2D eigenvalue weighted by Gasteiger charge is 2.47. The van der Waals surface area contributed by atoms with Crippen LogP contribution in [0.2, 0.25) is 0 Å². The van der Waals surface area contributed by atoms with Gasteiger partial charge < -0.3 is 4.90 Å². The van der Waals surface area contributed by atoms with Crippen LogP contribution in [-0.4, -0.2) is 30.1 Å². The second-order valence-corrected chi connectivity index (χ2v) is 5.03. The monoisotopic (exact) mass is 182 g/mol. The van der Waals surface area contributed by atoms with Crippen molar-refractivity contribution >= 4 is 5.91 Å². The first-order chi connectivity index (χ1) is 6.00. The van der Waals surface area contributed by atoms with Gasteiger partial charge in [-0.05, 0) is 24.7 Å². The van der Waals surface area contributed by atoms with Crippen molar-refractivity contribution in [2.75, 3.05) is 13.2 Å². The van der Waals surface area contributed by atoms with Crippen LogP contribution in [0.3, 0.4) is 0 Å². The van der Waals surface area contributed by atoms with Gasteiger partial charge in [-0.15, -0.1) is 0 Å². The van der Waals surface area contributed by atoms with E-state index < -0.39 is 0 Å². The highest BCUT2D eigenvalue weighted by molar-refractivity contribution is 5.83. The van der Waals surface area contributed by atoms with E-state index in [1.54, 1.807) is 0 Å². The molecule has 3 heteroatoms. The lowest BCUT2D eigenvalue weighted by molar-refractivity contribution is -0.128. The van der Waals surface area contributed by atoms with Gasteiger partial charge in [-0.1, -0.05) is 13.8 Å². The molecular weight excluding hydrogens is 164 g/mol. The van der Waals surface area contributed by atoms with Gasteiger partial charge in [-0.3, -0.25) is 10.1 Å². The van der Waals surface area contributed by atoms with Gasteiger partial charge in [-0.2, -0.15) is 0 Å². The highest BCUT2D eigenvalue weighted by Crippen LogP contribution is 2.51. The lowest BCUT2D eigenvalue weighted by Crippen LogP contribution is -2.31. The van der Waals surface area contributed by atoms with E-state index in [-0.39, 0.29) is 11.9 Å². The van der Waals surface area contributed by atoms with Crippen LogP contribution < -0.4 is 5.32 Å². The molecule has 1 heterocycles. The van der Waals surface area contributed by atoms with E-state index in [0.29, 0.717) is 5.41 Å². The maximum absolute atomic E-state index is 11.5. The predicted molar refractivity (Wildman–Crippen MR) is 51.1 cm³/mol. The van der Waals surface area contributed by atoms with E-state index in [2.05, 4.69) is 19.2 Å². The van der Waals surface area contributed by atoms with Gasteiger partial charge >= 0.3 is 0 Å². The van der Waals surface area contributed by atoms with E-state index in [4.69, 9.17) is 0 Å². The molecule has 0 aromatic carbocycles. The van der Waals surface area contributed by atoms with Crippen LogP contribution in [0, 0.1) is 11.3 Å². The van der Waals surface area contributed by atoms with Crippen molar-refractivity contribution in [2.24, 2.45) is 11.3 Å². The Labute approximate surface area is 79.5 Å². The molecule has 0 aromatic rings. The third kappa shape index (κ3) is 1.57. The molecule has 1 aliphatic carbocycles. The zero-order valence-electron chi connectivity index (χ0n) is 8.63. The molecule has 1 N–H and O–H groups in total. The first kappa shape index (κ1) is 9.00. The Balaban J connectivity index is 1.87. The Morgan fingerprint density at radius 1 is 1.62 bits per heavy atom. The minimum absolute atomic E-state index is 0.0295. The van der Waals surface area contributed by atoms with Gasteiger partial charge in [0.15, 0.2) is 0 Å². The minimum atomic E-state index is 0.0295. The first-order valence-electron chi connectivity index (χ1n) is 5.03. The lowest BCUT2D eigenvalue weighted by atomic mass is 10.1. The normalized spacial score (nSPS) is 36.8. The van der Waals surface area contributed by atoms with Crippen molar-refractivity contribution in [3.63, 3.8) is 0 Å². The fourth-order valence-corrected chi connectivity index (χ4v) is 1.99. The summed E-state index contributed by atoms with van der Waals surface area (Å²) in [6.45, 7) is 8.17. The third-order valence-corrected chi connectivity index (χ3v) is 3.43. The largest absolute Gasteiger partial charge is 0.328 e. The fraction of sp³-hybridized carbons (Fsp3) is 0.900. The SMILES string of the molecule is CC1NCN(CC2CC2(C)C)C1=O. The second-order valence-electron chi connectivity index (χ2n) is 5.03. The summed E-state index contributed by atoms with van der Waals surface area (Å²) in [6.07, 6.45) is 1.27. The van der Waals surface area contributed by atoms with E-state index in [9.17, 15) is 4.79 Å². The molecule has 13 heavy (non-hydrogen) atoms. The molecule has 2 unspecified atom stereocenters. The van der Waals surface area contributed by atoms with Gasteiger partial charge in [0.1, 0.15) is 0 Å². The van der Waals surface area contributed by atoms with Gasteiger partial charge in [0.2, 0.25) is 5.91 Å². The molecule has 1 amide bonds. The van der Waals surface area contributed by atoms with Crippen LogP contribution in [0.15, 0.2) is 0 Å². The molecule has 0 radical (unpaired) electrons. The van der Waals surface area contributed by atoms with Crippen LogP contribution >= 0.6 is 0 Å². The third-order valence-electron chi connectivity index (χ3n) is 3.43. The van der Waals surface area contributed by atoms with Crippen molar-refractivity contribution < 1.29 is 4.79 Å². The molecule has 1 saturated heterocycles. The number of carbonyl (C=O) groups is 1. The molecule has 2 fully saturated rings. The molecule has 0 bridgehead atoms. The maximum Gasteiger partial charge on any atom is 0.240 e. The Morgan fingerprint density at radius 3 is 2.62 bits per heavy atom. The van der Waals surface area contributed by atoms with Crippen LogP contribution in [0.1, 0.15) is 27.2 Å². The zero-order chi connectivity index (χ0) is 9.64. The molecule has 0 spiro atoms. The van der Waals surface area contributed by atoms with Crippen molar-refractivity contribution in [3.8, 4) is 0 Å². The molecule has 0 aromatic heterocycles. The number of rotatable bonds is 2. The minimum Gasteiger partial charge on any atom is -0.328 e. The topological polar surface area (TPSA) is 32.3 Å². The summed E-state index contributed by atoms with van der Waals surface area (Å²) >= 11 is 0. The summed E-state index contributed by atoms with van der Waals surface area (Å²) in [7, 11) is 0. The molecule has 1 aliphatic heterocycles. The van der Waals surface area contributed by atoms with Crippen LogP contribution in [0.4, 0.5) is 0 Å². The molecule has 3 nitrogen and oxygen atoms in total. The van der Waals surface area contributed by atoms with Crippen molar-refractivity contribution in [1.29, 1.82) is 0 Å². The smallest absolute Gasteiger partial charge is 0.240 e. The number of hydrogen-bond donors (Lipinski definition) is 1. The Kier molecular flexibility index (Phi) is 1.88. The zero-order valence-corrected chi connectivity index (χ0v) is 8.63. The number of amides is 1. The van der Waals surface area contributed by atoms with Crippen molar-refractivity contribution in [1.82, 2.24) is 10.2 Å². The summed E-state index contributed by atoms with van der Waals surface area (Å²) in [5.74, 6) is 0.992. The van der Waals surface area contributed by atoms with Gasteiger partial charge in [0, 0.05) is 6.54 Å². The van der Waals surface area contributed by atoms with Gasteiger partial charge in [0.05, 0.1) is 12.7 Å². The molecule has 2 aliphatic rings. The van der Waals surface area contributed by atoms with Gasteiger partial charge in [0.25, 0.3) is 0 Å². The van der Waals surface area contributed by atoms with Crippen LogP contribution in [0.25, 0.3) is 0 Å². The summed E-state index contributed by atoms with van der Waals surface area (Å²) in [6, 6.07) is 0.0295. The summed E-state index contributed by atoms with van der Waals surface area (Å²) in [5, 5.41) is 3.16. The molecule has 1 saturated carbocycles. The Morgan fingerprint density at radius 2 is 2.23 bits per heavy atom. The lowest BCUT2D eigenvalue weighted by Gasteiger charge is -2.15. The standard InChI is InChI=1S/C10H18N2O/c1-7-9(13)12(6-11-7)5-8-4-10(8,2)3/h7-8,11H,4-6H2,1-3H3. The van der Waals surface area contributed by atoms with E-state index in [1.807, 2.05) is 11.8 Å². The van der Waals surface area contributed by atoms with E-state index >= 15 is 0 Å². The van der Waals surface area contributed by atoms with Crippen molar-refractivity contribution in [2.45, 2.75) is 33.2 Å². The number of nitrogens with zero attached hydrogens (tertiary/aromatic N) is 1. The summed E-state index contributed by atoms with van der Waals surface area (Å²) < 4.78 is 0. The predicted octanol–water partition coefficient (Wildman–Crippen LogP) is 0.810. The number of hydrogen-bond acceptors (Lipinski definition) is 2. The molecular formula is C10H18N2O. The highest BCUT2D eigenvalue weighted by atomic mass is 16.2. The quantitative estimate of drug-likeness (QED) is 0.685. The first-order valence-corrected chi connectivity index (χ1v) is 5.03. The average Bonchev–Trinajstić information content (AvgIpc) is 2.53. The second kappa shape index (κ2) is 2.71. The summed E-state index contributed by atoms with van der Waals surface area (Å²) in [4.78, 5) is 13.5. The van der Waals surface area contributed by atoms with Crippen LogP contribution in [-0.2, 0) is 4.79 Å². The van der Waals surface area contributed by atoms with Gasteiger partial charge in [-0.25, -0.2) is 0 Å². The van der Waals surface area contributed by atoms with Crippen LogP contribution in [0.5, 0.6) is 0 Å². The Bertz CT molecular complexity index is 237. The Hall–Kier alpha value is -0.570. The van der Waals surface area contributed by atoms with E-state index in [0.717, 1.165) is 19.1 Å². The number of nitrogens with one attached hydrogen (secondary N) is 1. The van der Waals surface area contributed by atoms with Crippen molar-refractivity contribution in [3.05, 3.63) is 0 Å². The molecule has 2 rings (SSSR count). The van der Waals surface area contributed by atoms with E-state index in [1.165, 1.54) is 6.42 Å².